The molecule has 2 heterocycles. The highest BCUT2D eigenvalue weighted by molar-refractivity contribution is 7.98. The lowest BCUT2D eigenvalue weighted by Gasteiger charge is -2.23. The highest BCUT2D eigenvalue weighted by Gasteiger charge is 2.36. The summed E-state index contributed by atoms with van der Waals surface area (Å²) >= 11 is 3.61. The first-order valence-electron chi connectivity index (χ1n) is 6.83. The third-order valence-electron chi connectivity index (χ3n) is 3.43. The van der Waals surface area contributed by atoms with Crippen molar-refractivity contribution < 1.29 is 4.79 Å². The number of thioether (sulfide) groups is 1. The van der Waals surface area contributed by atoms with Crippen molar-refractivity contribution in [3.05, 3.63) is 22.4 Å². The summed E-state index contributed by atoms with van der Waals surface area (Å²) in [6.07, 6.45) is 5.78. The molecule has 1 N–H and O–H groups in total. The van der Waals surface area contributed by atoms with Crippen molar-refractivity contribution in [2.45, 2.75) is 38.4 Å². The normalized spacial score (nSPS) is 23.3. The number of amides is 1. The predicted molar refractivity (Wildman–Crippen MR) is 83.6 cm³/mol. The summed E-state index contributed by atoms with van der Waals surface area (Å²) in [7, 11) is 0. The van der Waals surface area contributed by atoms with Gasteiger partial charge in [0.2, 0.25) is 5.91 Å². The predicted octanol–water partition coefficient (Wildman–Crippen LogP) is 3.10. The van der Waals surface area contributed by atoms with E-state index in [2.05, 4.69) is 23.0 Å². The van der Waals surface area contributed by atoms with Crippen LogP contribution in [0.4, 0.5) is 0 Å². The summed E-state index contributed by atoms with van der Waals surface area (Å²) in [5.41, 5.74) is 0. The van der Waals surface area contributed by atoms with Gasteiger partial charge in [-0.2, -0.15) is 11.8 Å². The number of carbonyl (C=O) groups excluding carboxylic acids is 1. The fourth-order valence-electron chi connectivity index (χ4n) is 2.40. The largest absolute Gasteiger partial charge is 0.321 e. The molecule has 0 bridgehead atoms. The lowest BCUT2D eigenvalue weighted by Crippen LogP contribution is -2.31. The maximum absolute atomic E-state index is 12.2. The van der Waals surface area contributed by atoms with Crippen LogP contribution in [0.2, 0.25) is 0 Å². The quantitative estimate of drug-likeness (QED) is 0.785. The van der Waals surface area contributed by atoms with Gasteiger partial charge in [0.1, 0.15) is 6.17 Å². The monoisotopic (exact) mass is 298 g/mol. The summed E-state index contributed by atoms with van der Waals surface area (Å²) in [4.78, 5) is 15.4. The summed E-state index contributed by atoms with van der Waals surface area (Å²) in [6, 6.07) is 4.10. The van der Waals surface area contributed by atoms with E-state index >= 15 is 0 Å². The minimum atomic E-state index is -0.0571. The van der Waals surface area contributed by atoms with Gasteiger partial charge in [0.15, 0.2) is 0 Å². The molecule has 1 aromatic rings. The van der Waals surface area contributed by atoms with Crippen LogP contribution in [0.3, 0.4) is 0 Å². The van der Waals surface area contributed by atoms with Gasteiger partial charge < -0.3 is 4.90 Å². The molecule has 19 heavy (non-hydrogen) atoms. The lowest BCUT2D eigenvalue weighted by atomic mass is 10.2. The van der Waals surface area contributed by atoms with Gasteiger partial charge in [0.25, 0.3) is 0 Å². The van der Waals surface area contributed by atoms with Gasteiger partial charge in [0.05, 0.1) is 6.04 Å². The Bertz CT molecular complexity index is 394. The van der Waals surface area contributed by atoms with E-state index in [1.807, 2.05) is 29.7 Å². The van der Waals surface area contributed by atoms with E-state index < -0.39 is 0 Å². The van der Waals surface area contributed by atoms with Crippen molar-refractivity contribution in [1.29, 1.82) is 0 Å². The zero-order valence-electron chi connectivity index (χ0n) is 11.6. The van der Waals surface area contributed by atoms with Gasteiger partial charge >= 0.3 is 0 Å². The second kappa shape index (κ2) is 7.31. The maximum atomic E-state index is 12.2. The molecule has 0 aromatic carbocycles. The molecule has 1 aliphatic rings. The SMILES string of the molecule is CSCCCCCN1C(=O)C(C)NC1c1cccs1. The lowest BCUT2D eigenvalue weighted by molar-refractivity contribution is -0.129. The molecule has 106 valence electrons. The van der Waals surface area contributed by atoms with Gasteiger partial charge in [-0.15, -0.1) is 11.3 Å². The van der Waals surface area contributed by atoms with E-state index in [1.165, 1.54) is 23.5 Å². The fourth-order valence-corrected chi connectivity index (χ4v) is 3.69. The highest BCUT2D eigenvalue weighted by Crippen LogP contribution is 2.28. The number of hydrogen-bond donors (Lipinski definition) is 1. The molecule has 1 fully saturated rings. The molecule has 3 nitrogen and oxygen atoms in total. The first-order valence-corrected chi connectivity index (χ1v) is 9.10. The number of rotatable bonds is 7. The Morgan fingerprint density at radius 3 is 2.95 bits per heavy atom. The van der Waals surface area contributed by atoms with Crippen LogP contribution in [0, 0.1) is 0 Å². The zero-order chi connectivity index (χ0) is 13.7. The third-order valence-corrected chi connectivity index (χ3v) is 5.05. The minimum Gasteiger partial charge on any atom is -0.321 e. The molecule has 1 aromatic heterocycles. The Hall–Kier alpha value is -0.520. The first-order chi connectivity index (χ1) is 9.24. The Kier molecular flexibility index (Phi) is 5.73. The standard InChI is InChI=1S/C14H22N2OS2/c1-11-14(17)16(8-4-3-5-9-18-2)13(15-11)12-7-6-10-19-12/h6-7,10-11,13,15H,3-5,8-9H2,1-2H3. The third kappa shape index (κ3) is 3.74. The van der Waals surface area contributed by atoms with E-state index in [9.17, 15) is 4.79 Å². The smallest absolute Gasteiger partial charge is 0.241 e. The van der Waals surface area contributed by atoms with E-state index in [0.29, 0.717) is 0 Å². The Morgan fingerprint density at radius 2 is 2.26 bits per heavy atom. The molecule has 0 spiro atoms. The average Bonchev–Trinajstić information content (AvgIpc) is 3.01. The van der Waals surface area contributed by atoms with Crippen LogP contribution in [0.15, 0.2) is 17.5 Å². The summed E-state index contributed by atoms with van der Waals surface area (Å²) in [5, 5.41) is 5.46. The molecule has 1 amide bonds. The summed E-state index contributed by atoms with van der Waals surface area (Å²) in [5.74, 6) is 1.46. The highest BCUT2D eigenvalue weighted by atomic mass is 32.2. The van der Waals surface area contributed by atoms with Crippen molar-refractivity contribution in [1.82, 2.24) is 10.2 Å². The molecule has 2 unspecified atom stereocenters. The molecular weight excluding hydrogens is 276 g/mol. The van der Waals surface area contributed by atoms with Crippen LogP contribution in [-0.2, 0) is 4.79 Å². The van der Waals surface area contributed by atoms with E-state index in [4.69, 9.17) is 0 Å². The number of hydrogen-bond acceptors (Lipinski definition) is 4. The van der Waals surface area contributed by atoms with Crippen LogP contribution in [0.1, 0.15) is 37.2 Å². The van der Waals surface area contributed by atoms with Crippen LogP contribution < -0.4 is 5.32 Å². The Morgan fingerprint density at radius 1 is 1.42 bits per heavy atom. The Balaban J connectivity index is 1.89. The average molecular weight is 298 g/mol. The molecule has 2 atom stereocenters. The van der Waals surface area contributed by atoms with Crippen LogP contribution >= 0.6 is 23.1 Å². The minimum absolute atomic E-state index is 0.0571. The van der Waals surface area contributed by atoms with Gasteiger partial charge in [-0.1, -0.05) is 12.5 Å². The number of thiophene rings is 1. The van der Waals surface area contributed by atoms with Crippen molar-refractivity contribution in [2.75, 3.05) is 18.6 Å². The van der Waals surface area contributed by atoms with Crippen molar-refractivity contribution in [3.8, 4) is 0 Å². The van der Waals surface area contributed by atoms with Crippen molar-refractivity contribution in [2.24, 2.45) is 0 Å². The Labute approximate surface area is 123 Å². The van der Waals surface area contributed by atoms with E-state index in [1.54, 1.807) is 11.3 Å². The van der Waals surface area contributed by atoms with Gasteiger partial charge in [-0.05, 0) is 43.2 Å². The molecule has 0 aliphatic carbocycles. The van der Waals surface area contributed by atoms with Crippen LogP contribution in [0.5, 0.6) is 0 Å². The second-order valence-electron chi connectivity index (χ2n) is 4.89. The van der Waals surface area contributed by atoms with Gasteiger partial charge in [-0.3, -0.25) is 10.1 Å². The van der Waals surface area contributed by atoms with Crippen LogP contribution in [-0.4, -0.2) is 35.4 Å². The topological polar surface area (TPSA) is 32.3 Å². The first kappa shape index (κ1) is 14.9. The second-order valence-corrected chi connectivity index (χ2v) is 6.86. The molecule has 1 saturated heterocycles. The van der Waals surface area contributed by atoms with Crippen molar-refractivity contribution >= 4 is 29.0 Å². The van der Waals surface area contributed by atoms with E-state index in [-0.39, 0.29) is 18.1 Å². The number of unbranched alkanes of at least 4 members (excludes halogenated alkanes) is 2. The molecule has 2 rings (SSSR count). The number of nitrogens with one attached hydrogen (secondary N) is 1. The summed E-state index contributed by atoms with van der Waals surface area (Å²) in [6.45, 7) is 2.82. The zero-order valence-corrected chi connectivity index (χ0v) is 13.2. The molecule has 1 aliphatic heterocycles. The van der Waals surface area contributed by atoms with Crippen LogP contribution in [0.25, 0.3) is 0 Å². The fraction of sp³-hybridized carbons (Fsp3) is 0.643. The number of nitrogens with zero attached hydrogens (tertiary/aromatic N) is 1. The molecule has 0 saturated carbocycles. The van der Waals surface area contributed by atoms with Gasteiger partial charge in [0, 0.05) is 11.4 Å². The molecular formula is C14H22N2OS2. The van der Waals surface area contributed by atoms with E-state index in [0.717, 1.165) is 13.0 Å². The number of carbonyl (C=O) groups is 1. The maximum Gasteiger partial charge on any atom is 0.241 e. The molecule has 0 radical (unpaired) electrons. The van der Waals surface area contributed by atoms with Crippen molar-refractivity contribution in [3.63, 3.8) is 0 Å². The molecule has 5 heteroatoms. The van der Waals surface area contributed by atoms with Gasteiger partial charge in [-0.25, -0.2) is 0 Å². The summed E-state index contributed by atoms with van der Waals surface area (Å²) < 4.78 is 0.